The second-order valence-corrected chi connectivity index (χ2v) is 4.76. The summed E-state index contributed by atoms with van der Waals surface area (Å²) in [6.07, 6.45) is 0.929. The highest BCUT2D eigenvalue weighted by molar-refractivity contribution is 6.32. The van der Waals surface area contributed by atoms with Crippen molar-refractivity contribution in [2.75, 3.05) is 5.32 Å². The van der Waals surface area contributed by atoms with Crippen LogP contribution >= 0.6 is 11.6 Å². The molecule has 1 heterocycles. The van der Waals surface area contributed by atoms with Gasteiger partial charge in [-0.2, -0.15) is 0 Å². The molecule has 0 unspecified atom stereocenters. The Labute approximate surface area is 122 Å². The van der Waals surface area contributed by atoms with E-state index in [1.165, 1.54) is 0 Å². The third-order valence-electron chi connectivity index (χ3n) is 2.72. The minimum absolute atomic E-state index is 0.253. The van der Waals surface area contributed by atoms with Gasteiger partial charge in [-0.3, -0.25) is 4.79 Å². The molecule has 0 spiro atoms. The molecule has 0 aliphatic carbocycles. The van der Waals surface area contributed by atoms with Crippen molar-refractivity contribution in [3.05, 3.63) is 53.3 Å². The van der Waals surface area contributed by atoms with Gasteiger partial charge < -0.3 is 10.1 Å². The number of pyridine rings is 1. The van der Waals surface area contributed by atoms with Crippen LogP contribution in [0.4, 0.5) is 5.69 Å². The summed E-state index contributed by atoms with van der Waals surface area (Å²) in [5.41, 5.74) is 1.61. The van der Waals surface area contributed by atoms with E-state index in [4.69, 9.17) is 16.3 Å². The summed E-state index contributed by atoms with van der Waals surface area (Å²) in [6, 6.07) is 10.9. The van der Waals surface area contributed by atoms with Gasteiger partial charge in [0, 0.05) is 6.20 Å². The fourth-order valence-corrected chi connectivity index (χ4v) is 1.75. The number of hydrogen-bond acceptors (Lipinski definition) is 3. The fourth-order valence-electron chi connectivity index (χ4n) is 1.59. The zero-order chi connectivity index (χ0) is 14.5. The van der Waals surface area contributed by atoms with E-state index in [-0.39, 0.29) is 11.1 Å². The molecule has 2 rings (SSSR count). The maximum atomic E-state index is 12.0. The highest BCUT2D eigenvalue weighted by atomic mass is 35.5. The predicted octanol–water partition coefficient (Wildman–Crippen LogP) is 3.45. The second kappa shape index (κ2) is 6.39. The molecule has 1 N–H and O–H groups in total. The minimum atomic E-state index is -0.631. The second-order valence-electron chi connectivity index (χ2n) is 4.40. The molecule has 0 radical (unpaired) electrons. The highest BCUT2D eigenvalue weighted by Crippen LogP contribution is 2.18. The number of benzene rings is 1. The van der Waals surface area contributed by atoms with Crippen molar-refractivity contribution in [1.82, 2.24) is 4.98 Å². The molecule has 1 aromatic heterocycles. The number of carbonyl (C=O) groups excluding carboxylic acids is 1. The van der Waals surface area contributed by atoms with Gasteiger partial charge in [0.1, 0.15) is 5.75 Å². The standard InChI is InChI=1S/C15H15ClN2O2/c1-10-5-7-12(8-6-10)20-11(2)15(19)18-13-4-3-9-17-14(13)16/h3-9,11H,1-2H3,(H,18,19)/t11-/m1/s1. The largest absolute Gasteiger partial charge is 0.481 e. The summed E-state index contributed by atoms with van der Waals surface area (Å²) in [5, 5.41) is 2.94. The number of rotatable bonds is 4. The first-order chi connectivity index (χ1) is 9.56. The van der Waals surface area contributed by atoms with Crippen molar-refractivity contribution >= 4 is 23.2 Å². The van der Waals surface area contributed by atoms with Crippen LogP contribution < -0.4 is 10.1 Å². The number of carbonyl (C=O) groups is 1. The summed E-state index contributed by atoms with van der Waals surface area (Å²) < 4.78 is 5.57. The molecule has 1 atom stereocenters. The Kier molecular flexibility index (Phi) is 4.58. The summed E-state index contributed by atoms with van der Waals surface area (Å²) in [7, 11) is 0. The van der Waals surface area contributed by atoms with Crippen LogP contribution in [0.1, 0.15) is 12.5 Å². The minimum Gasteiger partial charge on any atom is -0.481 e. The first-order valence-corrected chi connectivity index (χ1v) is 6.59. The number of halogens is 1. The van der Waals surface area contributed by atoms with Crippen LogP contribution in [0, 0.1) is 6.92 Å². The summed E-state index contributed by atoms with van der Waals surface area (Å²) in [5.74, 6) is 0.371. The van der Waals surface area contributed by atoms with Crippen molar-refractivity contribution in [2.24, 2.45) is 0 Å². The lowest BCUT2D eigenvalue weighted by molar-refractivity contribution is -0.122. The van der Waals surface area contributed by atoms with Gasteiger partial charge in [0.05, 0.1) is 5.69 Å². The molecule has 1 aromatic carbocycles. The molecular weight excluding hydrogens is 276 g/mol. The van der Waals surface area contributed by atoms with Crippen molar-refractivity contribution < 1.29 is 9.53 Å². The predicted molar refractivity (Wildman–Crippen MR) is 79.1 cm³/mol. The molecule has 104 valence electrons. The molecule has 0 saturated carbocycles. The van der Waals surface area contributed by atoms with E-state index in [1.807, 2.05) is 31.2 Å². The van der Waals surface area contributed by atoms with Gasteiger partial charge in [-0.1, -0.05) is 29.3 Å². The molecule has 0 saturated heterocycles. The van der Waals surface area contributed by atoms with Gasteiger partial charge in [0.25, 0.3) is 5.91 Å². The molecule has 0 aliphatic rings. The summed E-state index contributed by atoms with van der Waals surface area (Å²) >= 11 is 5.88. The molecule has 0 fully saturated rings. The van der Waals surface area contributed by atoms with E-state index >= 15 is 0 Å². The van der Waals surface area contributed by atoms with E-state index in [0.29, 0.717) is 11.4 Å². The average Bonchev–Trinajstić information content (AvgIpc) is 2.44. The molecule has 0 aliphatic heterocycles. The Balaban J connectivity index is 1.99. The van der Waals surface area contributed by atoms with Crippen LogP contribution in [0.2, 0.25) is 5.15 Å². The molecule has 4 nitrogen and oxygen atoms in total. The number of aryl methyl sites for hydroxylation is 1. The molecule has 5 heteroatoms. The van der Waals surface area contributed by atoms with Crippen LogP contribution in [0.15, 0.2) is 42.6 Å². The summed E-state index contributed by atoms with van der Waals surface area (Å²) in [4.78, 5) is 15.9. The van der Waals surface area contributed by atoms with Crippen LogP contribution in [0.3, 0.4) is 0 Å². The van der Waals surface area contributed by atoms with Gasteiger partial charge >= 0.3 is 0 Å². The first kappa shape index (κ1) is 14.3. The topological polar surface area (TPSA) is 51.2 Å². The van der Waals surface area contributed by atoms with Crippen LogP contribution in [-0.4, -0.2) is 17.0 Å². The lowest BCUT2D eigenvalue weighted by Crippen LogP contribution is -2.30. The Morgan fingerprint density at radius 1 is 1.30 bits per heavy atom. The van der Waals surface area contributed by atoms with E-state index in [1.54, 1.807) is 25.3 Å². The number of anilines is 1. The van der Waals surface area contributed by atoms with Crippen LogP contribution in [0.25, 0.3) is 0 Å². The molecule has 1 amide bonds. The molecule has 0 bridgehead atoms. The monoisotopic (exact) mass is 290 g/mol. The maximum absolute atomic E-state index is 12.0. The lowest BCUT2D eigenvalue weighted by atomic mass is 10.2. The Bertz CT molecular complexity index is 599. The zero-order valence-electron chi connectivity index (χ0n) is 11.3. The number of nitrogens with zero attached hydrogens (tertiary/aromatic N) is 1. The van der Waals surface area contributed by atoms with E-state index in [0.717, 1.165) is 5.56 Å². The van der Waals surface area contributed by atoms with Gasteiger partial charge in [-0.25, -0.2) is 4.98 Å². The molecule has 2 aromatic rings. The smallest absolute Gasteiger partial charge is 0.265 e. The quantitative estimate of drug-likeness (QED) is 0.878. The third-order valence-corrected chi connectivity index (χ3v) is 3.02. The number of amides is 1. The Morgan fingerprint density at radius 2 is 2.00 bits per heavy atom. The fraction of sp³-hybridized carbons (Fsp3) is 0.200. The van der Waals surface area contributed by atoms with Crippen LogP contribution in [-0.2, 0) is 4.79 Å². The van der Waals surface area contributed by atoms with Gasteiger partial charge in [-0.05, 0) is 38.1 Å². The highest BCUT2D eigenvalue weighted by Gasteiger charge is 2.16. The van der Waals surface area contributed by atoms with Crippen molar-refractivity contribution in [3.63, 3.8) is 0 Å². The number of aromatic nitrogens is 1. The Hall–Kier alpha value is -2.07. The van der Waals surface area contributed by atoms with Crippen molar-refractivity contribution in [1.29, 1.82) is 0 Å². The number of hydrogen-bond donors (Lipinski definition) is 1. The third kappa shape index (κ3) is 3.71. The Morgan fingerprint density at radius 3 is 2.65 bits per heavy atom. The molecular formula is C15H15ClN2O2. The lowest BCUT2D eigenvalue weighted by Gasteiger charge is -2.15. The van der Waals surface area contributed by atoms with Crippen molar-refractivity contribution in [2.45, 2.75) is 20.0 Å². The van der Waals surface area contributed by atoms with E-state index in [2.05, 4.69) is 10.3 Å². The van der Waals surface area contributed by atoms with Crippen molar-refractivity contribution in [3.8, 4) is 5.75 Å². The maximum Gasteiger partial charge on any atom is 0.265 e. The normalized spacial score (nSPS) is 11.8. The van der Waals surface area contributed by atoms with Gasteiger partial charge in [0.2, 0.25) is 0 Å². The van der Waals surface area contributed by atoms with E-state index < -0.39 is 6.10 Å². The SMILES string of the molecule is Cc1ccc(O[C@H](C)C(=O)Nc2cccnc2Cl)cc1. The average molecular weight is 291 g/mol. The van der Waals surface area contributed by atoms with Gasteiger partial charge in [-0.15, -0.1) is 0 Å². The number of nitrogens with one attached hydrogen (secondary N) is 1. The zero-order valence-corrected chi connectivity index (χ0v) is 12.0. The van der Waals surface area contributed by atoms with Gasteiger partial charge in [0.15, 0.2) is 11.3 Å². The van der Waals surface area contributed by atoms with E-state index in [9.17, 15) is 4.79 Å². The van der Waals surface area contributed by atoms with Crippen LogP contribution in [0.5, 0.6) is 5.75 Å². The summed E-state index contributed by atoms with van der Waals surface area (Å²) in [6.45, 7) is 3.67. The number of ether oxygens (including phenoxy) is 1. The molecule has 20 heavy (non-hydrogen) atoms. The first-order valence-electron chi connectivity index (χ1n) is 6.21.